The first-order chi connectivity index (χ1) is 14.3. The molecule has 0 spiro atoms. The quantitative estimate of drug-likeness (QED) is 0.738. The van der Waals surface area contributed by atoms with Crippen LogP contribution in [0.25, 0.3) is 6.08 Å². The van der Waals surface area contributed by atoms with Crippen LogP contribution in [0.4, 0.5) is 5.69 Å². The van der Waals surface area contributed by atoms with Gasteiger partial charge in [-0.15, -0.1) is 0 Å². The summed E-state index contributed by atoms with van der Waals surface area (Å²) in [7, 11) is -3.47. The lowest BCUT2D eigenvalue weighted by atomic mass is 10.1. The SMILES string of the molecule is Cc1ccc(C)c(NC(=O)[C@H](C)[NH+]2CCN(S(=O)(=O)/C=C/c3ccccc3)CC2)c1. The van der Waals surface area contributed by atoms with Crippen LogP contribution in [0, 0.1) is 13.8 Å². The number of quaternary nitrogens is 1. The number of benzene rings is 2. The Labute approximate surface area is 179 Å². The van der Waals surface area contributed by atoms with E-state index in [1.807, 2.05) is 69.3 Å². The molecule has 30 heavy (non-hydrogen) atoms. The number of amides is 1. The Morgan fingerprint density at radius 2 is 1.77 bits per heavy atom. The van der Waals surface area contributed by atoms with Gasteiger partial charge in [-0.2, -0.15) is 4.31 Å². The number of carbonyl (C=O) groups is 1. The Balaban J connectivity index is 1.57. The van der Waals surface area contributed by atoms with Gasteiger partial charge in [-0.1, -0.05) is 42.5 Å². The summed E-state index contributed by atoms with van der Waals surface area (Å²) in [6.45, 7) is 7.86. The van der Waals surface area contributed by atoms with E-state index in [4.69, 9.17) is 0 Å². The lowest BCUT2D eigenvalue weighted by molar-refractivity contribution is -0.917. The molecule has 0 unspecified atom stereocenters. The van der Waals surface area contributed by atoms with Crippen molar-refractivity contribution < 1.29 is 18.1 Å². The summed E-state index contributed by atoms with van der Waals surface area (Å²) in [4.78, 5) is 13.8. The molecule has 2 N–H and O–H groups in total. The lowest BCUT2D eigenvalue weighted by Crippen LogP contribution is -3.19. The number of anilines is 1. The molecule has 0 saturated carbocycles. The maximum absolute atomic E-state index is 12.7. The molecular formula is C23H30N3O3S+. The second kappa shape index (κ2) is 9.55. The Hall–Kier alpha value is -2.48. The third-order valence-corrected chi connectivity index (χ3v) is 7.18. The van der Waals surface area contributed by atoms with Gasteiger partial charge in [0.25, 0.3) is 5.91 Å². The number of aryl methyl sites for hydroxylation is 2. The average molecular weight is 429 g/mol. The fourth-order valence-electron chi connectivity index (χ4n) is 3.57. The van der Waals surface area contributed by atoms with Crippen LogP contribution >= 0.6 is 0 Å². The molecular weight excluding hydrogens is 398 g/mol. The first-order valence-electron chi connectivity index (χ1n) is 10.2. The van der Waals surface area contributed by atoms with E-state index >= 15 is 0 Å². The van der Waals surface area contributed by atoms with E-state index in [2.05, 4.69) is 5.32 Å². The van der Waals surface area contributed by atoms with E-state index in [0.29, 0.717) is 26.2 Å². The zero-order valence-electron chi connectivity index (χ0n) is 17.8. The number of hydrogen-bond donors (Lipinski definition) is 2. The lowest BCUT2D eigenvalue weighted by Gasteiger charge is -2.33. The van der Waals surface area contributed by atoms with Crippen LogP contribution in [0.5, 0.6) is 0 Å². The molecule has 0 radical (unpaired) electrons. The molecule has 1 atom stereocenters. The molecule has 160 valence electrons. The Bertz CT molecular complexity index is 1010. The van der Waals surface area contributed by atoms with Crippen LogP contribution in [0.2, 0.25) is 0 Å². The molecule has 1 aliphatic rings. The van der Waals surface area contributed by atoms with Crippen molar-refractivity contribution in [1.82, 2.24) is 4.31 Å². The first-order valence-corrected chi connectivity index (χ1v) is 11.7. The van der Waals surface area contributed by atoms with Gasteiger partial charge in [0.05, 0.1) is 26.2 Å². The molecule has 1 amide bonds. The zero-order chi connectivity index (χ0) is 21.7. The van der Waals surface area contributed by atoms with E-state index in [1.54, 1.807) is 6.08 Å². The first kappa shape index (κ1) is 22.2. The fourth-order valence-corrected chi connectivity index (χ4v) is 4.77. The Morgan fingerprint density at radius 1 is 1.10 bits per heavy atom. The smallest absolute Gasteiger partial charge is 0.282 e. The zero-order valence-corrected chi connectivity index (χ0v) is 18.6. The molecule has 3 rings (SSSR count). The fraction of sp³-hybridized carbons (Fsp3) is 0.348. The third kappa shape index (κ3) is 5.56. The molecule has 2 aromatic carbocycles. The summed E-state index contributed by atoms with van der Waals surface area (Å²) in [6.07, 6.45) is 1.62. The van der Waals surface area contributed by atoms with Gasteiger partial charge in [-0.05, 0) is 49.6 Å². The van der Waals surface area contributed by atoms with Gasteiger partial charge in [-0.3, -0.25) is 4.79 Å². The van der Waals surface area contributed by atoms with Crippen LogP contribution in [-0.4, -0.2) is 50.9 Å². The van der Waals surface area contributed by atoms with Crippen molar-refractivity contribution in [2.75, 3.05) is 31.5 Å². The highest BCUT2D eigenvalue weighted by Gasteiger charge is 2.32. The molecule has 0 aliphatic carbocycles. The normalized spacial score (nSPS) is 17.2. The summed E-state index contributed by atoms with van der Waals surface area (Å²) >= 11 is 0. The van der Waals surface area contributed by atoms with Crippen molar-refractivity contribution >= 4 is 27.7 Å². The van der Waals surface area contributed by atoms with Crippen molar-refractivity contribution in [1.29, 1.82) is 0 Å². The summed E-state index contributed by atoms with van der Waals surface area (Å²) in [5, 5.41) is 4.29. The van der Waals surface area contributed by atoms with Gasteiger partial charge in [0.15, 0.2) is 6.04 Å². The number of piperazine rings is 1. The standard InChI is InChI=1S/C23H29N3O3S/c1-18-9-10-19(2)22(17-18)24-23(27)20(3)25-12-14-26(15-13-25)30(28,29)16-11-21-7-5-4-6-8-21/h4-11,16-17,20H,12-15H2,1-3H3,(H,24,27)/p+1/b16-11+/t20-/m0/s1. The number of nitrogens with one attached hydrogen (secondary N) is 2. The maximum atomic E-state index is 12.7. The van der Waals surface area contributed by atoms with Crippen LogP contribution in [0.3, 0.4) is 0 Å². The molecule has 1 aliphatic heterocycles. The second-order valence-electron chi connectivity index (χ2n) is 7.84. The van der Waals surface area contributed by atoms with Crippen LogP contribution in [0.15, 0.2) is 53.9 Å². The largest absolute Gasteiger partial charge is 0.323 e. The molecule has 0 bridgehead atoms. The van der Waals surface area contributed by atoms with Crippen molar-refractivity contribution in [2.24, 2.45) is 0 Å². The number of nitrogens with zero attached hydrogens (tertiary/aromatic N) is 1. The predicted octanol–water partition coefficient (Wildman–Crippen LogP) is 1.83. The molecule has 7 heteroatoms. The highest BCUT2D eigenvalue weighted by Crippen LogP contribution is 2.16. The molecule has 1 fully saturated rings. The summed E-state index contributed by atoms with van der Waals surface area (Å²) < 4.78 is 26.8. The van der Waals surface area contributed by atoms with Gasteiger partial charge in [0.2, 0.25) is 10.0 Å². The van der Waals surface area contributed by atoms with Crippen molar-refractivity contribution in [3.63, 3.8) is 0 Å². The summed E-state index contributed by atoms with van der Waals surface area (Å²) in [5.41, 5.74) is 3.80. The number of carbonyl (C=O) groups excluding carboxylic acids is 1. The molecule has 6 nitrogen and oxygen atoms in total. The van der Waals surface area contributed by atoms with Gasteiger partial charge < -0.3 is 10.2 Å². The van der Waals surface area contributed by atoms with Gasteiger partial charge in [0, 0.05) is 11.1 Å². The van der Waals surface area contributed by atoms with Crippen LogP contribution in [-0.2, 0) is 14.8 Å². The third-order valence-electron chi connectivity index (χ3n) is 5.61. The van der Waals surface area contributed by atoms with E-state index in [9.17, 15) is 13.2 Å². The number of rotatable bonds is 6. The van der Waals surface area contributed by atoms with Gasteiger partial charge in [-0.25, -0.2) is 8.42 Å². The monoisotopic (exact) mass is 428 g/mol. The summed E-state index contributed by atoms with van der Waals surface area (Å²) in [6, 6.07) is 15.1. The average Bonchev–Trinajstić information content (AvgIpc) is 2.75. The number of sulfonamides is 1. The van der Waals surface area contributed by atoms with Crippen LogP contribution < -0.4 is 10.2 Å². The van der Waals surface area contributed by atoms with Crippen molar-refractivity contribution in [2.45, 2.75) is 26.8 Å². The topological polar surface area (TPSA) is 70.9 Å². The summed E-state index contributed by atoms with van der Waals surface area (Å²) in [5.74, 6) is -0.0426. The minimum absolute atomic E-state index is 0.0426. The molecule has 2 aromatic rings. The van der Waals surface area contributed by atoms with Gasteiger partial charge in [0.1, 0.15) is 0 Å². The van der Waals surface area contributed by atoms with E-state index in [0.717, 1.165) is 27.3 Å². The number of hydrogen-bond acceptors (Lipinski definition) is 3. The highest BCUT2D eigenvalue weighted by atomic mass is 32.2. The predicted molar refractivity (Wildman–Crippen MR) is 121 cm³/mol. The Kier molecular flexibility index (Phi) is 7.07. The Morgan fingerprint density at radius 3 is 2.43 bits per heavy atom. The molecule has 0 aromatic heterocycles. The van der Waals surface area contributed by atoms with Gasteiger partial charge >= 0.3 is 0 Å². The minimum atomic E-state index is -3.47. The van der Waals surface area contributed by atoms with Crippen LogP contribution in [0.1, 0.15) is 23.6 Å². The molecule has 1 heterocycles. The van der Waals surface area contributed by atoms with E-state index < -0.39 is 10.0 Å². The second-order valence-corrected chi connectivity index (χ2v) is 9.66. The van der Waals surface area contributed by atoms with E-state index in [-0.39, 0.29) is 11.9 Å². The van der Waals surface area contributed by atoms with Crippen molar-refractivity contribution in [3.05, 3.63) is 70.6 Å². The van der Waals surface area contributed by atoms with E-state index in [1.165, 1.54) is 9.71 Å². The maximum Gasteiger partial charge on any atom is 0.282 e. The van der Waals surface area contributed by atoms with Crippen molar-refractivity contribution in [3.8, 4) is 0 Å². The minimum Gasteiger partial charge on any atom is -0.323 e. The molecule has 1 saturated heterocycles. The highest BCUT2D eigenvalue weighted by molar-refractivity contribution is 7.92.